The minimum atomic E-state index is -0.410. The van der Waals surface area contributed by atoms with E-state index < -0.39 is 5.41 Å². The summed E-state index contributed by atoms with van der Waals surface area (Å²) in [7, 11) is 3.81. The Labute approximate surface area is 169 Å². The monoisotopic (exact) mass is 405 g/mol. The summed E-state index contributed by atoms with van der Waals surface area (Å²) >= 11 is 1.45. The molecule has 2 aliphatic rings. The molecule has 4 rings (SSSR count). The summed E-state index contributed by atoms with van der Waals surface area (Å²) in [4.78, 5) is 17.3. The number of amides is 1. The van der Waals surface area contributed by atoms with Gasteiger partial charge in [0.15, 0.2) is 10.2 Å². The highest BCUT2D eigenvalue weighted by atomic mass is 32.2. The molecule has 0 unspecified atom stereocenters. The number of carbonyl (C=O) groups excluding carboxylic acids is 1. The van der Waals surface area contributed by atoms with Gasteiger partial charge in [0, 0.05) is 39.6 Å². The quantitative estimate of drug-likeness (QED) is 0.696. The number of aromatic nitrogens is 3. The second-order valence-corrected chi connectivity index (χ2v) is 8.78. The van der Waals surface area contributed by atoms with Gasteiger partial charge in [-0.3, -0.25) is 9.69 Å². The number of ether oxygens (including phenoxy) is 1. The Kier molecular flexibility index (Phi) is 5.48. The van der Waals surface area contributed by atoms with E-state index in [-0.39, 0.29) is 11.8 Å². The first-order chi connectivity index (χ1) is 13.5. The first kappa shape index (κ1) is 19.5. The van der Waals surface area contributed by atoms with Gasteiger partial charge in [-0.05, 0) is 30.3 Å². The Balaban J connectivity index is 1.41. The van der Waals surface area contributed by atoms with E-state index in [9.17, 15) is 4.79 Å². The Bertz CT molecular complexity index is 837. The van der Waals surface area contributed by atoms with Crippen molar-refractivity contribution in [2.45, 2.75) is 30.1 Å². The Morgan fingerprint density at radius 3 is 3.07 bits per heavy atom. The van der Waals surface area contributed by atoms with Crippen molar-refractivity contribution in [2.24, 2.45) is 18.4 Å². The van der Waals surface area contributed by atoms with Crippen LogP contribution in [0.4, 0.5) is 0 Å². The number of aryl methyl sites for hydroxylation is 1. The maximum atomic E-state index is 13.1. The molecule has 8 nitrogen and oxygen atoms in total. The van der Waals surface area contributed by atoms with Crippen LogP contribution in [-0.2, 0) is 23.1 Å². The van der Waals surface area contributed by atoms with Crippen molar-refractivity contribution in [2.75, 3.05) is 39.9 Å². The van der Waals surface area contributed by atoms with E-state index in [0.29, 0.717) is 19.8 Å². The number of furan rings is 1. The van der Waals surface area contributed by atoms with Gasteiger partial charge >= 0.3 is 0 Å². The minimum absolute atomic E-state index is 0.220. The lowest BCUT2D eigenvalue weighted by atomic mass is 9.79. The molecule has 0 aromatic carbocycles. The molecule has 0 N–H and O–H groups in total. The van der Waals surface area contributed by atoms with Gasteiger partial charge in [-0.15, -0.1) is 10.2 Å². The lowest BCUT2D eigenvalue weighted by molar-refractivity contribution is -0.141. The summed E-state index contributed by atoms with van der Waals surface area (Å²) in [6, 6.07) is 3.96. The number of likely N-dealkylation sites (tertiary alicyclic amines) is 1. The van der Waals surface area contributed by atoms with Crippen LogP contribution >= 0.6 is 11.8 Å². The molecule has 0 radical (unpaired) electrons. The van der Waals surface area contributed by atoms with Crippen LogP contribution in [0, 0.1) is 11.3 Å². The van der Waals surface area contributed by atoms with Crippen LogP contribution in [0.15, 0.2) is 33.1 Å². The van der Waals surface area contributed by atoms with E-state index in [0.717, 1.165) is 42.1 Å². The number of carbonyl (C=O) groups is 1. The first-order valence-electron chi connectivity index (χ1n) is 9.68. The fourth-order valence-electron chi connectivity index (χ4n) is 4.25. The molecule has 0 aliphatic carbocycles. The number of nitrogens with zero attached hydrogens (tertiary/aromatic N) is 5. The van der Waals surface area contributed by atoms with Crippen LogP contribution in [0.25, 0.3) is 0 Å². The van der Waals surface area contributed by atoms with Crippen molar-refractivity contribution < 1.29 is 13.9 Å². The third kappa shape index (κ3) is 3.58. The highest BCUT2D eigenvalue weighted by Gasteiger charge is 2.56. The molecule has 2 atom stereocenters. The predicted molar refractivity (Wildman–Crippen MR) is 104 cm³/mol. The fourth-order valence-corrected chi connectivity index (χ4v) is 5.00. The first-order valence-corrected chi connectivity index (χ1v) is 10.5. The van der Waals surface area contributed by atoms with Crippen LogP contribution in [-0.4, -0.2) is 70.4 Å². The van der Waals surface area contributed by atoms with E-state index in [1.165, 1.54) is 11.8 Å². The molecule has 2 saturated heterocycles. The molecule has 28 heavy (non-hydrogen) atoms. The van der Waals surface area contributed by atoms with Gasteiger partial charge in [-0.2, -0.15) is 0 Å². The van der Waals surface area contributed by atoms with Crippen molar-refractivity contribution in [1.82, 2.24) is 24.6 Å². The molecule has 0 saturated carbocycles. The zero-order chi connectivity index (χ0) is 19.7. The lowest BCUT2D eigenvalue weighted by Crippen LogP contribution is -2.47. The minimum Gasteiger partial charge on any atom is -0.453 e. The number of rotatable bonds is 7. The molecule has 2 aromatic rings. The smallest absolute Gasteiger partial charge is 0.232 e. The Morgan fingerprint density at radius 1 is 1.46 bits per heavy atom. The van der Waals surface area contributed by atoms with Gasteiger partial charge < -0.3 is 18.6 Å². The third-order valence-corrected chi connectivity index (χ3v) is 6.63. The maximum Gasteiger partial charge on any atom is 0.232 e. The summed E-state index contributed by atoms with van der Waals surface area (Å²) in [5, 5.41) is 9.54. The Morgan fingerprint density at radius 2 is 2.32 bits per heavy atom. The van der Waals surface area contributed by atoms with Crippen LogP contribution in [0.3, 0.4) is 0 Å². The molecule has 152 valence electrons. The zero-order valence-electron chi connectivity index (χ0n) is 16.6. The van der Waals surface area contributed by atoms with Gasteiger partial charge in [0.05, 0.1) is 25.2 Å². The molecule has 0 bridgehead atoms. The predicted octanol–water partition coefficient (Wildman–Crippen LogP) is 1.88. The molecule has 1 amide bonds. The third-order valence-electron chi connectivity index (χ3n) is 5.65. The SMILES string of the molecule is CCCN(C)C(=O)[C@@]12COC[C@@H]1CN(Cc1ccc(Sc3nncn3C)o1)C2. The molecule has 2 fully saturated rings. The second kappa shape index (κ2) is 7.88. The van der Waals surface area contributed by atoms with Crippen LogP contribution in [0.5, 0.6) is 0 Å². The van der Waals surface area contributed by atoms with Crippen molar-refractivity contribution in [1.29, 1.82) is 0 Å². The van der Waals surface area contributed by atoms with Crippen LogP contribution < -0.4 is 0 Å². The number of fused-ring (bicyclic) bond motifs is 1. The molecular weight excluding hydrogens is 378 g/mol. The van der Waals surface area contributed by atoms with Crippen LogP contribution in [0.1, 0.15) is 19.1 Å². The fraction of sp³-hybridized carbons (Fsp3) is 0.632. The second-order valence-electron chi connectivity index (χ2n) is 7.81. The van der Waals surface area contributed by atoms with Gasteiger partial charge in [0.2, 0.25) is 5.91 Å². The van der Waals surface area contributed by atoms with E-state index in [1.54, 1.807) is 6.33 Å². The van der Waals surface area contributed by atoms with Crippen molar-refractivity contribution >= 4 is 17.7 Å². The van der Waals surface area contributed by atoms with Crippen molar-refractivity contribution in [3.05, 3.63) is 24.2 Å². The summed E-state index contributed by atoms with van der Waals surface area (Å²) < 4.78 is 13.6. The topological polar surface area (TPSA) is 76.6 Å². The number of hydrogen-bond donors (Lipinski definition) is 0. The van der Waals surface area contributed by atoms with E-state index in [4.69, 9.17) is 9.15 Å². The summed E-state index contributed by atoms with van der Waals surface area (Å²) in [6.45, 7) is 6.34. The zero-order valence-corrected chi connectivity index (χ0v) is 17.4. The van der Waals surface area contributed by atoms with Gasteiger partial charge in [-0.1, -0.05) is 6.92 Å². The highest BCUT2D eigenvalue weighted by Crippen LogP contribution is 2.43. The van der Waals surface area contributed by atoms with E-state index in [2.05, 4.69) is 22.0 Å². The lowest BCUT2D eigenvalue weighted by Gasteiger charge is -2.31. The molecule has 2 aliphatic heterocycles. The van der Waals surface area contributed by atoms with Crippen molar-refractivity contribution in [3.63, 3.8) is 0 Å². The standard InChI is InChI=1S/C19H27N5O3S/c1-4-7-22(2)17(25)19-11-24(8-14(19)10-26-12-19)9-15-5-6-16(27-15)28-18-21-20-13-23(18)3/h5-6,13-14H,4,7-12H2,1-3H3/t14-,19-/m0/s1. The Hall–Kier alpha value is -1.84. The van der Waals surface area contributed by atoms with Crippen LogP contribution in [0.2, 0.25) is 0 Å². The van der Waals surface area contributed by atoms with Gasteiger partial charge in [0.1, 0.15) is 12.1 Å². The van der Waals surface area contributed by atoms with Gasteiger partial charge in [-0.25, -0.2) is 0 Å². The normalized spacial score (nSPS) is 24.6. The van der Waals surface area contributed by atoms with E-state index in [1.807, 2.05) is 35.7 Å². The maximum absolute atomic E-state index is 13.1. The van der Waals surface area contributed by atoms with Gasteiger partial charge in [0.25, 0.3) is 0 Å². The van der Waals surface area contributed by atoms with E-state index >= 15 is 0 Å². The molecule has 0 spiro atoms. The van der Waals surface area contributed by atoms with Crippen molar-refractivity contribution in [3.8, 4) is 0 Å². The highest BCUT2D eigenvalue weighted by molar-refractivity contribution is 7.99. The molecular formula is C19H27N5O3S. The average molecular weight is 406 g/mol. The molecule has 9 heteroatoms. The molecule has 4 heterocycles. The number of hydrogen-bond acceptors (Lipinski definition) is 7. The molecule has 2 aromatic heterocycles. The largest absolute Gasteiger partial charge is 0.453 e. The summed E-state index contributed by atoms with van der Waals surface area (Å²) in [5.74, 6) is 1.37. The summed E-state index contributed by atoms with van der Waals surface area (Å²) in [6.07, 6.45) is 2.63. The average Bonchev–Trinajstić information content (AvgIpc) is 3.41. The summed E-state index contributed by atoms with van der Waals surface area (Å²) in [5.41, 5.74) is -0.410.